The molecule has 16 heteroatoms. The van der Waals surface area contributed by atoms with Gasteiger partial charge in [0.15, 0.2) is 0 Å². The van der Waals surface area contributed by atoms with Crippen molar-refractivity contribution in [3.63, 3.8) is 0 Å². The summed E-state index contributed by atoms with van der Waals surface area (Å²) in [5.74, 6) is -3.50. The minimum Gasteiger partial charge on any atom is -0.478 e. The summed E-state index contributed by atoms with van der Waals surface area (Å²) >= 11 is 0. The molecule has 0 spiro atoms. The summed E-state index contributed by atoms with van der Waals surface area (Å²) < 4.78 is 0. The topological polar surface area (TPSA) is 241 Å². The zero-order chi connectivity index (χ0) is 27.4. The fourth-order valence-corrected chi connectivity index (χ4v) is 2.26. The summed E-state index contributed by atoms with van der Waals surface area (Å²) in [6, 6.07) is 14.7. The first-order chi connectivity index (χ1) is 16.8. The van der Waals surface area contributed by atoms with E-state index in [1.807, 2.05) is 0 Å². The second-order valence-electron chi connectivity index (χ2n) is 6.34. The summed E-state index contributed by atoms with van der Waals surface area (Å²) in [4.78, 5) is 59.7. The molecule has 0 atom stereocenters. The van der Waals surface area contributed by atoms with Crippen LogP contribution in [0.2, 0.25) is 0 Å². The van der Waals surface area contributed by atoms with Gasteiger partial charge in [0, 0.05) is 62.2 Å². The third-order valence-electron chi connectivity index (χ3n) is 3.91. The number of carboxylic acids is 3. The van der Waals surface area contributed by atoms with E-state index in [1.54, 1.807) is 0 Å². The molecule has 0 heterocycles. The summed E-state index contributed by atoms with van der Waals surface area (Å²) in [6.07, 6.45) is 0. The summed E-state index contributed by atoms with van der Waals surface area (Å²) in [7, 11) is 0. The van der Waals surface area contributed by atoms with E-state index in [-0.39, 0.29) is 59.6 Å². The van der Waals surface area contributed by atoms with Gasteiger partial charge in [-0.2, -0.15) is 0 Å². The molecule has 0 saturated heterocycles. The largest absolute Gasteiger partial charge is 0.478 e. The summed E-state index contributed by atoms with van der Waals surface area (Å²) in [5, 5.41) is 56.0. The number of benzene rings is 3. The summed E-state index contributed by atoms with van der Waals surface area (Å²) in [6.45, 7) is 0. The molecule has 15 nitrogen and oxygen atoms in total. The van der Waals surface area contributed by atoms with Crippen LogP contribution in [0.5, 0.6) is 0 Å². The smallest absolute Gasteiger partial charge is 0.335 e. The first-order valence-electron chi connectivity index (χ1n) is 9.26. The second-order valence-corrected chi connectivity index (χ2v) is 6.34. The Bertz CT molecular complexity index is 1080. The van der Waals surface area contributed by atoms with E-state index in [2.05, 4.69) is 0 Å². The monoisotopic (exact) mass is 546 g/mol. The molecule has 3 rings (SSSR count). The second kappa shape index (κ2) is 15.2. The van der Waals surface area contributed by atoms with Gasteiger partial charge in [0.1, 0.15) is 0 Å². The molecule has 3 N–H and O–H groups in total. The van der Waals surface area contributed by atoms with E-state index >= 15 is 0 Å². The predicted octanol–water partition coefficient (Wildman–Crippen LogP) is 3.88. The van der Waals surface area contributed by atoms with Gasteiger partial charge >= 0.3 is 17.9 Å². The number of non-ortho nitro benzene ring substituents is 3. The van der Waals surface area contributed by atoms with Gasteiger partial charge in [0.2, 0.25) is 0 Å². The van der Waals surface area contributed by atoms with Crippen molar-refractivity contribution in [2.45, 2.75) is 0 Å². The zero-order valence-corrected chi connectivity index (χ0v) is 20.2. The zero-order valence-electron chi connectivity index (χ0n) is 18.4. The van der Waals surface area contributed by atoms with Crippen molar-refractivity contribution in [1.82, 2.24) is 0 Å². The molecule has 0 saturated carbocycles. The van der Waals surface area contributed by atoms with Crippen molar-refractivity contribution in [2.75, 3.05) is 0 Å². The van der Waals surface area contributed by atoms with Crippen molar-refractivity contribution in [2.24, 2.45) is 0 Å². The number of hydrogen-bond acceptors (Lipinski definition) is 9. The minimum absolute atomic E-state index is 0. The van der Waals surface area contributed by atoms with Crippen LogP contribution < -0.4 is 0 Å². The van der Waals surface area contributed by atoms with E-state index in [1.165, 1.54) is 54.6 Å². The van der Waals surface area contributed by atoms with Crippen LogP contribution in [0.25, 0.3) is 0 Å². The van der Waals surface area contributed by atoms with Crippen molar-refractivity contribution >= 4 is 35.0 Å². The van der Waals surface area contributed by atoms with E-state index in [0.717, 1.165) is 18.2 Å². The van der Waals surface area contributed by atoms with E-state index < -0.39 is 32.7 Å². The number of hydrogen-bond donors (Lipinski definition) is 3. The number of nitrogens with zero attached hydrogens (tertiary/aromatic N) is 3. The molecule has 0 amide bonds. The Labute approximate surface area is 224 Å². The number of carbonyl (C=O) groups is 3. The minimum atomic E-state index is -1.17. The van der Waals surface area contributed by atoms with Crippen molar-refractivity contribution in [3.8, 4) is 0 Å². The van der Waals surface area contributed by atoms with Crippen molar-refractivity contribution < 1.29 is 70.3 Å². The number of nitro benzene ring substituents is 3. The van der Waals surface area contributed by atoms with Crippen LogP contribution in [-0.4, -0.2) is 48.0 Å². The average Bonchev–Trinajstić information content (AvgIpc) is 2.85. The maximum absolute atomic E-state index is 10.4. The average molecular weight is 546 g/mol. The molecule has 1 radical (unpaired) electrons. The van der Waals surface area contributed by atoms with Crippen LogP contribution in [0, 0.1) is 30.3 Å². The number of nitro groups is 3. The Hall–Kier alpha value is -4.86. The van der Waals surface area contributed by atoms with Gasteiger partial charge < -0.3 is 15.3 Å². The molecule has 0 unspecified atom stereocenters. The molecule has 3 aromatic rings. The van der Waals surface area contributed by atoms with E-state index in [9.17, 15) is 44.7 Å². The third kappa shape index (κ3) is 11.0. The molecule has 3 aromatic carbocycles. The SMILES string of the molecule is O=C(O)c1cccc([N+](=O)[O-])c1.O=C(O)c1cccc([N+](=O)[O-])c1.O=C(O)c1cccc([N+](=O)[O-])c1.[Sc]. The molecule has 0 aliphatic carbocycles. The first-order valence-corrected chi connectivity index (χ1v) is 9.26. The van der Waals surface area contributed by atoms with Crippen LogP contribution in [0.15, 0.2) is 72.8 Å². The maximum Gasteiger partial charge on any atom is 0.335 e. The molecule has 0 fully saturated rings. The Morgan fingerprint density at radius 1 is 0.514 bits per heavy atom. The van der Waals surface area contributed by atoms with Gasteiger partial charge in [-0.05, 0) is 18.2 Å². The van der Waals surface area contributed by atoms with Crippen LogP contribution in [0.3, 0.4) is 0 Å². The first kappa shape index (κ1) is 32.1. The number of rotatable bonds is 6. The van der Waals surface area contributed by atoms with Crippen LogP contribution in [0.4, 0.5) is 17.1 Å². The normalized spacial score (nSPS) is 9.08. The van der Waals surface area contributed by atoms with Gasteiger partial charge in [-0.25, -0.2) is 14.4 Å². The summed E-state index contributed by atoms with van der Waals surface area (Å²) in [5.41, 5.74) is -0.877. The Morgan fingerprint density at radius 3 is 0.892 bits per heavy atom. The Balaban J connectivity index is 0.000000518. The molecule has 37 heavy (non-hydrogen) atoms. The fraction of sp³-hybridized carbons (Fsp3) is 0. The maximum atomic E-state index is 10.4. The van der Waals surface area contributed by atoms with Crippen LogP contribution >= 0.6 is 0 Å². The standard InChI is InChI=1S/3C7H5NO4.Sc/c3*9-7(10)5-2-1-3-6(4-5)8(11)12;/h3*1-4H,(H,9,10);. The van der Waals surface area contributed by atoms with Crippen LogP contribution in [0.1, 0.15) is 31.1 Å². The Kier molecular flexibility index (Phi) is 13.2. The van der Waals surface area contributed by atoms with E-state index in [0.29, 0.717) is 0 Å². The van der Waals surface area contributed by atoms with E-state index in [4.69, 9.17) is 15.3 Å². The molecule has 0 aromatic heterocycles. The quantitative estimate of drug-likeness (QED) is 0.295. The van der Waals surface area contributed by atoms with Crippen molar-refractivity contribution in [1.29, 1.82) is 0 Å². The molecule has 189 valence electrons. The molecular weight excluding hydrogens is 531 g/mol. The molecule has 0 aliphatic rings. The molecular formula is C21H15N3O12Sc. The van der Waals surface area contributed by atoms with Gasteiger partial charge in [0.25, 0.3) is 17.1 Å². The van der Waals surface area contributed by atoms with Gasteiger partial charge in [-0.3, -0.25) is 30.3 Å². The van der Waals surface area contributed by atoms with Crippen molar-refractivity contribution in [3.05, 3.63) is 120 Å². The molecule has 0 aliphatic heterocycles. The van der Waals surface area contributed by atoms with Crippen LogP contribution in [-0.2, 0) is 25.8 Å². The number of aromatic carboxylic acids is 3. The van der Waals surface area contributed by atoms with Gasteiger partial charge in [-0.1, -0.05) is 18.2 Å². The Morgan fingerprint density at radius 2 is 0.730 bits per heavy atom. The van der Waals surface area contributed by atoms with Gasteiger partial charge in [0.05, 0.1) is 31.5 Å². The fourth-order valence-electron chi connectivity index (χ4n) is 2.26. The number of carboxylic acid groups (broad SMARTS) is 3. The third-order valence-corrected chi connectivity index (χ3v) is 3.91. The molecule has 0 bridgehead atoms. The van der Waals surface area contributed by atoms with Gasteiger partial charge in [-0.15, -0.1) is 0 Å². The predicted molar refractivity (Wildman–Crippen MR) is 120 cm³/mol.